The third-order valence-corrected chi connectivity index (χ3v) is 3.88. The number of hydrogen-bond donors (Lipinski definition) is 1. The van der Waals surface area contributed by atoms with Gasteiger partial charge < -0.3 is 9.63 Å². The highest BCUT2D eigenvalue weighted by Crippen LogP contribution is 2.27. The van der Waals surface area contributed by atoms with Crippen LogP contribution in [0.2, 0.25) is 0 Å². The van der Waals surface area contributed by atoms with E-state index in [4.69, 9.17) is 4.52 Å². The summed E-state index contributed by atoms with van der Waals surface area (Å²) in [6.07, 6.45) is 7.01. The molecule has 1 saturated carbocycles. The van der Waals surface area contributed by atoms with Crippen LogP contribution in [0.5, 0.6) is 0 Å². The van der Waals surface area contributed by atoms with Crippen LogP contribution in [0, 0.1) is 5.92 Å². The van der Waals surface area contributed by atoms with Crippen LogP contribution in [-0.2, 0) is 12.8 Å². The summed E-state index contributed by atoms with van der Waals surface area (Å²) >= 11 is 0. The average molecular weight is 273 g/mol. The van der Waals surface area contributed by atoms with Gasteiger partial charge in [-0.1, -0.05) is 24.1 Å². The van der Waals surface area contributed by atoms with E-state index in [1.165, 1.54) is 6.42 Å². The fourth-order valence-corrected chi connectivity index (χ4v) is 2.76. The molecule has 2 aromatic heterocycles. The van der Waals surface area contributed by atoms with Gasteiger partial charge in [0.15, 0.2) is 5.82 Å². The third-order valence-electron chi connectivity index (χ3n) is 3.88. The Bertz CT molecular complexity index is 541. The molecule has 0 spiro atoms. The number of nitrogens with zero attached hydrogens (tertiary/aromatic N) is 3. The van der Waals surface area contributed by atoms with Gasteiger partial charge in [-0.25, -0.2) is 0 Å². The largest absolute Gasteiger partial charge is 0.393 e. The fourth-order valence-electron chi connectivity index (χ4n) is 2.76. The highest BCUT2D eigenvalue weighted by atomic mass is 16.5. The van der Waals surface area contributed by atoms with Crippen LogP contribution in [0.4, 0.5) is 0 Å². The van der Waals surface area contributed by atoms with Crippen molar-refractivity contribution in [2.24, 2.45) is 5.92 Å². The molecule has 2 atom stereocenters. The number of aliphatic hydroxyl groups excluding tert-OH is 1. The van der Waals surface area contributed by atoms with Gasteiger partial charge in [0.05, 0.1) is 12.5 Å². The summed E-state index contributed by atoms with van der Waals surface area (Å²) in [6.45, 7) is 0. The molecule has 3 rings (SSSR count). The molecule has 20 heavy (non-hydrogen) atoms. The summed E-state index contributed by atoms with van der Waals surface area (Å²) < 4.78 is 5.29. The Hall–Kier alpha value is -1.75. The maximum Gasteiger partial charge on any atom is 0.227 e. The minimum absolute atomic E-state index is 0.227. The highest BCUT2D eigenvalue weighted by Gasteiger charge is 2.25. The number of pyridine rings is 1. The van der Waals surface area contributed by atoms with Gasteiger partial charge in [0.1, 0.15) is 0 Å². The van der Waals surface area contributed by atoms with Crippen LogP contribution in [0.15, 0.2) is 28.9 Å². The lowest BCUT2D eigenvalue weighted by Gasteiger charge is -2.26. The molecule has 0 saturated heterocycles. The second kappa shape index (κ2) is 6.13. The lowest BCUT2D eigenvalue weighted by molar-refractivity contribution is 0.0657. The smallest absolute Gasteiger partial charge is 0.227 e. The van der Waals surface area contributed by atoms with Crippen molar-refractivity contribution in [1.82, 2.24) is 15.1 Å². The van der Waals surface area contributed by atoms with Crippen molar-refractivity contribution >= 4 is 0 Å². The lowest BCUT2D eigenvalue weighted by Crippen LogP contribution is -2.26. The van der Waals surface area contributed by atoms with E-state index in [0.29, 0.717) is 24.6 Å². The molecular weight excluding hydrogens is 254 g/mol. The molecule has 1 aliphatic carbocycles. The monoisotopic (exact) mass is 273 g/mol. The Balaban J connectivity index is 1.62. The fraction of sp³-hybridized carbons (Fsp3) is 0.533. The van der Waals surface area contributed by atoms with Crippen molar-refractivity contribution < 1.29 is 9.63 Å². The molecule has 2 aromatic rings. The van der Waals surface area contributed by atoms with Crippen LogP contribution in [-0.4, -0.2) is 26.3 Å². The van der Waals surface area contributed by atoms with Crippen LogP contribution in [0.3, 0.4) is 0 Å². The molecule has 1 N–H and O–H groups in total. The van der Waals surface area contributed by atoms with E-state index in [1.54, 1.807) is 6.20 Å². The standard InChI is InChI=1S/C15H19N3O2/c19-13-7-2-1-5-11(13)9-15-17-14(18-20-15)10-12-6-3-4-8-16-12/h3-4,6,8,11,13,19H,1-2,5,7,9-10H2. The number of aromatic nitrogens is 3. The van der Waals surface area contributed by atoms with Crippen molar-refractivity contribution in [3.63, 3.8) is 0 Å². The minimum Gasteiger partial charge on any atom is -0.393 e. The van der Waals surface area contributed by atoms with Gasteiger partial charge >= 0.3 is 0 Å². The molecule has 5 heteroatoms. The molecule has 0 aromatic carbocycles. The Morgan fingerprint density at radius 3 is 2.95 bits per heavy atom. The molecule has 0 aliphatic heterocycles. The zero-order valence-electron chi connectivity index (χ0n) is 11.4. The van der Waals surface area contributed by atoms with E-state index >= 15 is 0 Å². The molecule has 106 valence electrons. The van der Waals surface area contributed by atoms with Crippen molar-refractivity contribution in [2.45, 2.75) is 44.6 Å². The van der Waals surface area contributed by atoms with E-state index < -0.39 is 0 Å². The quantitative estimate of drug-likeness (QED) is 0.924. The molecule has 0 bridgehead atoms. The first-order valence-corrected chi connectivity index (χ1v) is 7.20. The molecule has 2 unspecified atom stereocenters. The molecule has 5 nitrogen and oxygen atoms in total. The van der Waals surface area contributed by atoms with Crippen molar-refractivity contribution in [3.8, 4) is 0 Å². The van der Waals surface area contributed by atoms with E-state index in [2.05, 4.69) is 15.1 Å². The Morgan fingerprint density at radius 1 is 1.25 bits per heavy atom. The molecule has 2 heterocycles. The lowest BCUT2D eigenvalue weighted by atomic mass is 9.84. The van der Waals surface area contributed by atoms with Gasteiger partial charge in [0.2, 0.25) is 5.89 Å². The van der Waals surface area contributed by atoms with Crippen LogP contribution in [0.25, 0.3) is 0 Å². The molecule has 0 amide bonds. The van der Waals surface area contributed by atoms with E-state index in [1.807, 2.05) is 18.2 Å². The summed E-state index contributed by atoms with van der Waals surface area (Å²) in [7, 11) is 0. The zero-order valence-corrected chi connectivity index (χ0v) is 11.4. The summed E-state index contributed by atoms with van der Waals surface area (Å²) in [6, 6.07) is 5.78. The number of hydrogen-bond acceptors (Lipinski definition) is 5. The number of aliphatic hydroxyl groups is 1. The van der Waals surface area contributed by atoms with E-state index in [-0.39, 0.29) is 12.0 Å². The normalized spacial score (nSPS) is 22.9. The molecule has 1 fully saturated rings. The molecule has 0 radical (unpaired) electrons. The van der Waals surface area contributed by atoms with Crippen LogP contribution >= 0.6 is 0 Å². The van der Waals surface area contributed by atoms with Gasteiger partial charge in [-0.2, -0.15) is 4.98 Å². The second-order valence-corrected chi connectivity index (χ2v) is 5.42. The second-order valence-electron chi connectivity index (χ2n) is 5.42. The summed E-state index contributed by atoms with van der Waals surface area (Å²) in [4.78, 5) is 8.65. The summed E-state index contributed by atoms with van der Waals surface area (Å²) in [5, 5.41) is 14.0. The van der Waals surface area contributed by atoms with Crippen molar-refractivity contribution in [2.75, 3.05) is 0 Å². The van der Waals surface area contributed by atoms with E-state index in [9.17, 15) is 5.11 Å². The summed E-state index contributed by atoms with van der Waals surface area (Å²) in [5.74, 6) is 1.54. The topological polar surface area (TPSA) is 72.0 Å². The van der Waals surface area contributed by atoms with Crippen molar-refractivity contribution in [3.05, 3.63) is 41.8 Å². The molecule has 1 aliphatic rings. The van der Waals surface area contributed by atoms with Crippen LogP contribution in [0.1, 0.15) is 43.1 Å². The highest BCUT2D eigenvalue weighted by molar-refractivity contribution is 5.09. The SMILES string of the molecule is OC1CCCCC1Cc1nc(Cc2ccccn2)no1. The van der Waals surface area contributed by atoms with Gasteiger partial charge in [-0.15, -0.1) is 0 Å². The number of rotatable bonds is 4. The van der Waals surface area contributed by atoms with Gasteiger partial charge in [-0.3, -0.25) is 4.98 Å². The Kier molecular flexibility index (Phi) is 4.06. The average Bonchev–Trinajstić information content (AvgIpc) is 2.90. The Labute approximate surface area is 118 Å². The first-order chi connectivity index (χ1) is 9.81. The summed E-state index contributed by atoms with van der Waals surface area (Å²) in [5.41, 5.74) is 0.928. The van der Waals surface area contributed by atoms with Crippen molar-refractivity contribution in [1.29, 1.82) is 0 Å². The zero-order chi connectivity index (χ0) is 13.8. The first-order valence-electron chi connectivity index (χ1n) is 7.20. The van der Waals surface area contributed by atoms with Gasteiger partial charge in [0, 0.05) is 18.3 Å². The predicted molar refractivity (Wildman–Crippen MR) is 73.0 cm³/mol. The van der Waals surface area contributed by atoms with Gasteiger partial charge in [-0.05, 0) is 30.9 Å². The first kappa shape index (κ1) is 13.2. The van der Waals surface area contributed by atoms with Crippen LogP contribution < -0.4 is 0 Å². The van der Waals surface area contributed by atoms with Gasteiger partial charge in [0.25, 0.3) is 0 Å². The maximum atomic E-state index is 9.97. The Morgan fingerprint density at radius 2 is 2.15 bits per heavy atom. The third kappa shape index (κ3) is 3.22. The predicted octanol–water partition coefficient (Wildman–Crippen LogP) is 2.15. The minimum atomic E-state index is -0.227. The molecular formula is C15H19N3O2. The maximum absolute atomic E-state index is 9.97. The van der Waals surface area contributed by atoms with E-state index in [0.717, 1.165) is 25.0 Å².